The minimum atomic E-state index is -3.61. The Kier molecular flexibility index (Phi) is 5.77. The van der Waals surface area contributed by atoms with Crippen molar-refractivity contribution in [2.75, 3.05) is 5.75 Å². The maximum absolute atomic E-state index is 11.9. The Balaban J connectivity index is 1.86. The number of nitrogens with zero attached hydrogens (tertiary/aromatic N) is 1. The first-order valence-electron chi connectivity index (χ1n) is 9.24. The van der Waals surface area contributed by atoms with Gasteiger partial charge < -0.3 is 0 Å². The largest absolute Gasteiger partial charge is 0.328 e. The van der Waals surface area contributed by atoms with Crippen molar-refractivity contribution in [1.29, 1.82) is 0 Å². The van der Waals surface area contributed by atoms with Crippen LogP contribution in [0.1, 0.15) is 56.2 Å². The van der Waals surface area contributed by atoms with Gasteiger partial charge in [0.1, 0.15) is 0 Å². The molecule has 2 aromatic carbocycles. The highest BCUT2D eigenvalue weighted by Gasteiger charge is 2.19. The summed E-state index contributed by atoms with van der Waals surface area (Å²) in [7, 11) is -3.61. The molecule has 0 fully saturated rings. The van der Waals surface area contributed by atoms with Gasteiger partial charge in [0.25, 0.3) is 0 Å². The van der Waals surface area contributed by atoms with Crippen molar-refractivity contribution < 1.29 is 12.7 Å². The van der Waals surface area contributed by atoms with Crippen molar-refractivity contribution >= 4 is 15.8 Å². The molecule has 0 atom stereocenters. The van der Waals surface area contributed by atoms with E-state index in [-0.39, 0.29) is 5.75 Å². The Bertz CT molecular complexity index is 917. The molecule has 2 aromatic rings. The molecule has 138 valence electrons. The van der Waals surface area contributed by atoms with Crippen LogP contribution < -0.4 is 0 Å². The molecule has 0 saturated heterocycles. The molecule has 0 N–H and O–H groups in total. The fourth-order valence-electron chi connectivity index (χ4n) is 3.26. The van der Waals surface area contributed by atoms with Crippen LogP contribution in [0.15, 0.2) is 47.6 Å². The van der Waals surface area contributed by atoms with E-state index in [2.05, 4.69) is 41.6 Å². The monoisotopic (exact) mass is 371 g/mol. The predicted molar refractivity (Wildman–Crippen MR) is 106 cm³/mol. The van der Waals surface area contributed by atoms with E-state index >= 15 is 0 Å². The normalized spacial score (nSPS) is 13.4. The van der Waals surface area contributed by atoms with Gasteiger partial charge in [-0.15, -0.1) is 0 Å². The van der Waals surface area contributed by atoms with Crippen LogP contribution in [0, 0.1) is 0 Å². The average molecular weight is 372 g/mol. The van der Waals surface area contributed by atoms with Gasteiger partial charge in [-0.05, 0) is 53.1 Å². The van der Waals surface area contributed by atoms with E-state index in [0.717, 1.165) is 24.8 Å². The summed E-state index contributed by atoms with van der Waals surface area (Å²) < 4.78 is 28.8. The van der Waals surface area contributed by atoms with Crippen molar-refractivity contribution in [2.45, 2.75) is 46.0 Å². The lowest BCUT2D eigenvalue weighted by Crippen LogP contribution is -2.10. The van der Waals surface area contributed by atoms with Crippen LogP contribution in [-0.4, -0.2) is 19.9 Å². The van der Waals surface area contributed by atoms with E-state index in [4.69, 9.17) is 4.28 Å². The maximum Gasteiger partial charge on any atom is 0.328 e. The van der Waals surface area contributed by atoms with Gasteiger partial charge in [0, 0.05) is 0 Å². The van der Waals surface area contributed by atoms with Crippen molar-refractivity contribution in [2.24, 2.45) is 5.16 Å². The van der Waals surface area contributed by atoms with E-state index in [9.17, 15) is 8.42 Å². The fourth-order valence-corrected chi connectivity index (χ4v) is 4.18. The lowest BCUT2D eigenvalue weighted by molar-refractivity contribution is 0.337. The number of benzene rings is 2. The third-order valence-electron chi connectivity index (χ3n) is 4.62. The summed E-state index contributed by atoms with van der Waals surface area (Å²) in [4.78, 5) is 0. The summed E-state index contributed by atoms with van der Waals surface area (Å²) >= 11 is 0. The van der Waals surface area contributed by atoms with Crippen molar-refractivity contribution in [1.82, 2.24) is 0 Å². The molecular weight excluding hydrogens is 346 g/mol. The van der Waals surface area contributed by atoms with Crippen LogP contribution in [-0.2, 0) is 20.8 Å². The highest BCUT2D eigenvalue weighted by molar-refractivity contribution is 7.86. The predicted octanol–water partition coefficient (Wildman–Crippen LogP) is 4.91. The smallest absolute Gasteiger partial charge is 0.268 e. The highest BCUT2D eigenvalue weighted by atomic mass is 32.2. The van der Waals surface area contributed by atoms with E-state index in [1.54, 1.807) is 0 Å². The number of hydrogen-bond donors (Lipinski definition) is 0. The lowest BCUT2D eigenvalue weighted by atomic mass is 9.99. The molecule has 0 spiro atoms. The summed E-state index contributed by atoms with van der Waals surface area (Å²) in [6.07, 6.45) is 3.83. The molecule has 0 saturated carbocycles. The maximum atomic E-state index is 11.9. The van der Waals surface area contributed by atoms with Crippen LogP contribution in [0.25, 0.3) is 11.1 Å². The van der Waals surface area contributed by atoms with Crippen molar-refractivity contribution in [3.8, 4) is 11.1 Å². The summed E-state index contributed by atoms with van der Waals surface area (Å²) in [5.41, 5.74) is 6.72. The zero-order chi connectivity index (χ0) is 18.6. The molecule has 0 radical (unpaired) electrons. The van der Waals surface area contributed by atoms with E-state index < -0.39 is 10.1 Å². The highest BCUT2D eigenvalue weighted by Crippen LogP contribution is 2.36. The first-order valence-corrected chi connectivity index (χ1v) is 10.8. The average Bonchev–Trinajstić information content (AvgIpc) is 3.01. The second-order valence-electron chi connectivity index (χ2n) is 6.68. The summed E-state index contributed by atoms with van der Waals surface area (Å²) in [6, 6.07) is 14.6. The molecule has 0 aliphatic heterocycles. The van der Waals surface area contributed by atoms with Crippen LogP contribution in [0.2, 0.25) is 0 Å². The molecular formula is C21H25NO3S. The quantitative estimate of drug-likeness (QED) is 0.418. The third-order valence-corrected chi connectivity index (χ3v) is 5.71. The number of unbranched alkanes of at least 4 members (excludes halogenated alkanes) is 1. The zero-order valence-electron chi connectivity index (χ0n) is 15.4. The SMILES string of the molecule is CCCCS(=O)(=O)ON=C(CCC)c1ccc2c(c1)Cc1ccccc1-2. The molecule has 0 aromatic heterocycles. The first kappa shape index (κ1) is 18.6. The molecule has 4 nitrogen and oxygen atoms in total. The molecule has 3 rings (SSSR count). The standard InChI is InChI=1S/C21H25NO3S/c1-3-5-13-26(23,24)25-22-21(8-4-2)17-11-12-20-18(15-17)14-16-9-6-7-10-19(16)20/h6-7,9-12,15H,3-5,8,13-14H2,1-2H3. The van der Waals surface area contributed by atoms with Gasteiger partial charge in [0.15, 0.2) is 0 Å². The van der Waals surface area contributed by atoms with Gasteiger partial charge in [-0.2, -0.15) is 8.42 Å². The van der Waals surface area contributed by atoms with Gasteiger partial charge in [0.05, 0.1) is 11.5 Å². The minimum Gasteiger partial charge on any atom is -0.268 e. The Morgan fingerprint density at radius 3 is 2.58 bits per heavy atom. The van der Waals surface area contributed by atoms with Crippen LogP contribution in [0.4, 0.5) is 0 Å². The Morgan fingerprint density at radius 2 is 1.81 bits per heavy atom. The minimum absolute atomic E-state index is 0.00586. The second-order valence-corrected chi connectivity index (χ2v) is 8.36. The van der Waals surface area contributed by atoms with Gasteiger partial charge in [-0.25, -0.2) is 0 Å². The van der Waals surface area contributed by atoms with Crippen molar-refractivity contribution in [3.63, 3.8) is 0 Å². The van der Waals surface area contributed by atoms with Crippen molar-refractivity contribution in [3.05, 3.63) is 59.2 Å². The van der Waals surface area contributed by atoms with Crippen LogP contribution >= 0.6 is 0 Å². The molecule has 0 bridgehead atoms. The Hall–Kier alpha value is -2.14. The summed E-state index contributed by atoms with van der Waals surface area (Å²) in [5.74, 6) is 0.00586. The number of oxime groups is 1. The zero-order valence-corrected chi connectivity index (χ0v) is 16.2. The van der Waals surface area contributed by atoms with Gasteiger partial charge >= 0.3 is 10.1 Å². The summed E-state index contributed by atoms with van der Waals surface area (Å²) in [6.45, 7) is 3.99. The van der Waals surface area contributed by atoms with Gasteiger partial charge in [-0.3, -0.25) is 4.28 Å². The number of hydrogen-bond acceptors (Lipinski definition) is 4. The number of rotatable bonds is 8. The second kappa shape index (κ2) is 8.04. The van der Waals surface area contributed by atoms with Crippen LogP contribution in [0.3, 0.4) is 0 Å². The van der Waals surface area contributed by atoms with Crippen LogP contribution in [0.5, 0.6) is 0 Å². The fraction of sp³-hybridized carbons (Fsp3) is 0.381. The third kappa shape index (κ3) is 4.15. The molecule has 0 amide bonds. The molecule has 5 heteroatoms. The Labute approximate surface area is 156 Å². The van der Waals surface area contributed by atoms with Gasteiger partial charge in [0.2, 0.25) is 0 Å². The molecule has 26 heavy (non-hydrogen) atoms. The Morgan fingerprint density at radius 1 is 1.04 bits per heavy atom. The summed E-state index contributed by atoms with van der Waals surface area (Å²) in [5, 5.41) is 4.01. The molecule has 1 aliphatic rings. The topological polar surface area (TPSA) is 55.7 Å². The van der Waals surface area contributed by atoms with E-state index in [0.29, 0.717) is 18.6 Å². The first-order chi connectivity index (χ1) is 12.5. The van der Waals surface area contributed by atoms with Gasteiger partial charge in [-0.1, -0.05) is 68.2 Å². The lowest BCUT2D eigenvalue weighted by Gasteiger charge is -2.08. The number of fused-ring (bicyclic) bond motifs is 3. The van der Waals surface area contributed by atoms with E-state index in [1.165, 1.54) is 22.3 Å². The molecule has 0 heterocycles. The molecule has 1 aliphatic carbocycles. The molecule has 0 unspecified atom stereocenters. The van der Waals surface area contributed by atoms with E-state index in [1.807, 2.05) is 19.9 Å².